The first-order chi connectivity index (χ1) is 11.3. The van der Waals surface area contributed by atoms with Gasteiger partial charge in [-0.15, -0.1) is 0 Å². The number of hydrogen-bond donors (Lipinski definition) is 2. The van der Waals surface area contributed by atoms with Crippen LogP contribution >= 0.6 is 15.9 Å². The number of nitrogens with one attached hydrogen (secondary N) is 2. The van der Waals surface area contributed by atoms with Crippen LogP contribution in [0.4, 0.5) is 15.8 Å². The Bertz CT molecular complexity index is 734. The van der Waals surface area contributed by atoms with Gasteiger partial charge in [-0.2, -0.15) is 0 Å². The molecule has 0 bridgehead atoms. The van der Waals surface area contributed by atoms with E-state index in [-0.39, 0.29) is 17.4 Å². The van der Waals surface area contributed by atoms with E-state index in [1.165, 1.54) is 24.3 Å². The van der Waals surface area contributed by atoms with E-state index in [0.717, 1.165) is 10.2 Å². The number of nitrogens with zero attached hydrogens (tertiary/aromatic N) is 1. The van der Waals surface area contributed by atoms with Crippen LogP contribution in [-0.4, -0.2) is 11.6 Å². The van der Waals surface area contributed by atoms with Crippen LogP contribution in [0.2, 0.25) is 0 Å². The molecule has 0 aliphatic heterocycles. The number of amidine groups is 1. The molecule has 0 heterocycles. The van der Waals surface area contributed by atoms with Crippen molar-refractivity contribution in [3.8, 4) is 0 Å². The van der Waals surface area contributed by atoms with E-state index in [9.17, 15) is 9.18 Å². The fraction of sp³-hybridized carbons (Fsp3) is 0.222. The van der Waals surface area contributed by atoms with Crippen LogP contribution in [0.15, 0.2) is 58.0 Å². The van der Waals surface area contributed by atoms with Crippen LogP contribution in [0.5, 0.6) is 0 Å². The van der Waals surface area contributed by atoms with Gasteiger partial charge in [-0.25, -0.2) is 9.38 Å². The van der Waals surface area contributed by atoms with E-state index in [4.69, 9.17) is 0 Å². The van der Waals surface area contributed by atoms with Crippen molar-refractivity contribution in [1.82, 2.24) is 5.43 Å². The second-order valence-electron chi connectivity index (χ2n) is 6.27. The molecule has 2 aromatic carbocycles. The first kappa shape index (κ1) is 18.1. The van der Waals surface area contributed by atoms with E-state index in [1.807, 2.05) is 45.0 Å². The van der Waals surface area contributed by atoms with Crippen LogP contribution in [0.25, 0.3) is 0 Å². The van der Waals surface area contributed by atoms with Gasteiger partial charge in [0, 0.05) is 9.89 Å². The molecule has 24 heavy (non-hydrogen) atoms. The molecule has 0 radical (unpaired) electrons. The Balaban J connectivity index is 2.24. The number of halogens is 2. The highest BCUT2D eigenvalue weighted by atomic mass is 79.9. The van der Waals surface area contributed by atoms with Crippen molar-refractivity contribution in [2.75, 3.05) is 5.43 Å². The lowest BCUT2D eigenvalue weighted by molar-refractivity contribution is -0.119. The van der Waals surface area contributed by atoms with Crippen LogP contribution < -0.4 is 10.9 Å². The van der Waals surface area contributed by atoms with Gasteiger partial charge in [-0.3, -0.25) is 15.6 Å². The van der Waals surface area contributed by atoms with Crippen molar-refractivity contribution in [3.05, 3.63) is 58.8 Å². The number of Topliss-reactive ketones (excluding diaryl/α,β-unsaturated/α-hetero) is 1. The topological polar surface area (TPSA) is 53.5 Å². The molecule has 0 spiro atoms. The number of benzene rings is 2. The molecular weight excluding hydrogens is 373 g/mol. The Morgan fingerprint density at radius 1 is 1.04 bits per heavy atom. The maximum atomic E-state index is 13.0. The molecule has 0 amide bonds. The summed E-state index contributed by atoms with van der Waals surface area (Å²) in [6.45, 7) is 5.45. The number of hydrogen-bond acceptors (Lipinski definition) is 3. The van der Waals surface area contributed by atoms with Gasteiger partial charge in [-0.1, -0.05) is 36.7 Å². The third-order valence-corrected chi connectivity index (χ3v) is 3.66. The second-order valence-corrected chi connectivity index (χ2v) is 7.19. The zero-order valence-corrected chi connectivity index (χ0v) is 15.3. The lowest BCUT2D eigenvalue weighted by Crippen LogP contribution is -2.41. The first-order valence-electron chi connectivity index (χ1n) is 7.42. The number of carbonyl (C=O) groups excluding carboxylic acids is 1. The molecule has 4 nitrogen and oxygen atoms in total. The molecule has 0 aliphatic carbocycles. The van der Waals surface area contributed by atoms with Gasteiger partial charge in [0.15, 0.2) is 5.84 Å². The average molecular weight is 392 g/mol. The number of hydrazine groups is 1. The van der Waals surface area contributed by atoms with Crippen molar-refractivity contribution in [2.45, 2.75) is 20.8 Å². The Hall–Kier alpha value is -2.21. The number of ketones is 1. The number of rotatable bonds is 4. The molecule has 0 saturated carbocycles. The van der Waals surface area contributed by atoms with Crippen LogP contribution in [-0.2, 0) is 4.79 Å². The summed E-state index contributed by atoms with van der Waals surface area (Å²) in [5.74, 6) is -0.341. The zero-order valence-electron chi connectivity index (χ0n) is 13.7. The molecule has 0 atom stereocenters. The monoisotopic (exact) mass is 391 g/mol. The third-order valence-electron chi connectivity index (χ3n) is 3.13. The van der Waals surface area contributed by atoms with Gasteiger partial charge < -0.3 is 0 Å². The maximum absolute atomic E-state index is 13.0. The van der Waals surface area contributed by atoms with Gasteiger partial charge in [0.05, 0.1) is 11.4 Å². The van der Waals surface area contributed by atoms with Crippen LogP contribution in [0.1, 0.15) is 20.8 Å². The standard InChI is InChI=1S/C18H19BrFN3O/c1-18(2,3)16(24)17(21-14-10-6-13(20)7-11-14)23-22-15-8-4-12(19)5-9-15/h4-11,22H,1-3H3,(H,21,23). The Morgan fingerprint density at radius 2 is 1.62 bits per heavy atom. The predicted octanol–water partition coefficient (Wildman–Crippen LogP) is 4.85. The third kappa shape index (κ3) is 5.16. The summed E-state index contributed by atoms with van der Waals surface area (Å²) in [6, 6.07) is 13.1. The number of aliphatic imine (C=N–C) groups is 1. The highest BCUT2D eigenvalue weighted by Crippen LogP contribution is 2.19. The van der Waals surface area contributed by atoms with Crippen molar-refractivity contribution < 1.29 is 9.18 Å². The van der Waals surface area contributed by atoms with Gasteiger partial charge in [0.1, 0.15) is 5.82 Å². The van der Waals surface area contributed by atoms with Crippen molar-refractivity contribution in [1.29, 1.82) is 0 Å². The van der Waals surface area contributed by atoms with Crippen LogP contribution in [0, 0.1) is 11.2 Å². The molecule has 6 heteroatoms. The van der Waals surface area contributed by atoms with Gasteiger partial charge >= 0.3 is 0 Å². The quantitative estimate of drug-likeness (QED) is 0.444. The molecule has 0 aliphatic rings. The number of carbonyl (C=O) groups is 1. The van der Waals surface area contributed by atoms with E-state index >= 15 is 0 Å². The smallest absolute Gasteiger partial charge is 0.204 e. The highest BCUT2D eigenvalue weighted by Gasteiger charge is 2.26. The van der Waals surface area contributed by atoms with Crippen LogP contribution in [0.3, 0.4) is 0 Å². The molecule has 0 fully saturated rings. The summed E-state index contributed by atoms with van der Waals surface area (Å²) in [4.78, 5) is 16.9. The fourth-order valence-electron chi connectivity index (χ4n) is 1.80. The van der Waals surface area contributed by atoms with Crippen molar-refractivity contribution >= 4 is 38.9 Å². The highest BCUT2D eigenvalue weighted by molar-refractivity contribution is 9.10. The average Bonchev–Trinajstić information content (AvgIpc) is 2.53. The van der Waals surface area contributed by atoms with E-state index in [0.29, 0.717) is 5.69 Å². The van der Waals surface area contributed by atoms with E-state index < -0.39 is 5.41 Å². The largest absolute Gasteiger partial charge is 0.300 e. The summed E-state index contributed by atoms with van der Waals surface area (Å²) < 4.78 is 14.0. The zero-order chi connectivity index (χ0) is 17.7. The normalized spacial score (nSPS) is 12.0. The Morgan fingerprint density at radius 3 is 2.17 bits per heavy atom. The number of anilines is 1. The molecule has 2 rings (SSSR count). The second kappa shape index (κ2) is 7.57. The van der Waals surface area contributed by atoms with Gasteiger partial charge in [-0.05, 0) is 48.5 Å². The molecule has 0 saturated heterocycles. The summed E-state index contributed by atoms with van der Waals surface area (Å²) in [5, 5.41) is 0. The summed E-state index contributed by atoms with van der Waals surface area (Å²) in [5.41, 5.74) is 6.50. The van der Waals surface area contributed by atoms with Crippen molar-refractivity contribution in [2.24, 2.45) is 10.4 Å². The minimum atomic E-state index is -0.604. The summed E-state index contributed by atoms with van der Waals surface area (Å²) in [7, 11) is 0. The maximum Gasteiger partial charge on any atom is 0.204 e. The molecule has 0 unspecified atom stereocenters. The first-order valence-corrected chi connectivity index (χ1v) is 8.22. The summed E-state index contributed by atoms with van der Waals surface area (Å²) in [6.07, 6.45) is 0. The van der Waals surface area contributed by atoms with Gasteiger partial charge in [0.25, 0.3) is 0 Å². The minimum absolute atomic E-state index is 0.156. The molecular formula is C18H19BrFN3O. The summed E-state index contributed by atoms with van der Waals surface area (Å²) >= 11 is 3.37. The molecule has 0 aromatic heterocycles. The Kier molecular flexibility index (Phi) is 5.72. The molecule has 2 N–H and O–H groups in total. The fourth-order valence-corrected chi connectivity index (χ4v) is 2.06. The predicted molar refractivity (Wildman–Crippen MR) is 98.9 cm³/mol. The molecule has 2 aromatic rings. The van der Waals surface area contributed by atoms with Crippen molar-refractivity contribution in [3.63, 3.8) is 0 Å². The van der Waals surface area contributed by atoms with E-state index in [1.54, 1.807) is 0 Å². The van der Waals surface area contributed by atoms with E-state index in [2.05, 4.69) is 31.8 Å². The molecule has 126 valence electrons. The Labute approximate surface area is 149 Å². The minimum Gasteiger partial charge on any atom is -0.300 e. The lowest BCUT2D eigenvalue weighted by atomic mass is 9.90. The van der Waals surface area contributed by atoms with Gasteiger partial charge in [0.2, 0.25) is 5.78 Å². The SMILES string of the molecule is CC(C)(C)C(=O)C(=Nc1ccc(F)cc1)NNc1ccc(Br)cc1. The lowest BCUT2D eigenvalue weighted by Gasteiger charge is -2.19.